The molecule has 4 aromatic rings. The molecular formula is C28H24F5N5O. The van der Waals surface area contributed by atoms with E-state index in [1.165, 1.54) is 36.4 Å². The summed E-state index contributed by atoms with van der Waals surface area (Å²) < 4.78 is 69.6. The van der Waals surface area contributed by atoms with Crippen LogP contribution in [0.5, 0.6) is 5.75 Å². The lowest BCUT2D eigenvalue weighted by Gasteiger charge is -2.41. The topological polar surface area (TPSA) is 57.3 Å². The van der Waals surface area contributed by atoms with Gasteiger partial charge in [-0.1, -0.05) is 0 Å². The van der Waals surface area contributed by atoms with Crippen LogP contribution >= 0.6 is 0 Å². The van der Waals surface area contributed by atoms with E-state index in [9.17, 15) is 22.0 Å². The number of aryl methyl sites for hydroxylation is 2. The van der Waals surface area contributed by atoms with E-state index in [-0.39, 0.29) is 23.4 Å². The summed E-state index contributed by atoms with van der Waals surface area (Å²) in [6, 6.07) is 15.0. The van der Waals surface area contributed by atoms with Crippen molar-refractivity contribution in [2.24, 2.45) is 0 Å². The van der Waals surface area contributed by atoms with E-state index in [4.69, 9.17) is 0 Å². The van der Waals surface area contributed by atoms with Crippen molar-refractivity contribution in [1.29, 1.82) is 0 Å². The Balaban J connectivity index is 1.27. The van der Waals surface area contributed by atoms with Gasteiger partial charge in [0.1, 0.15) is 17.4 Å². The van der Waals surface area contributed by atoms with Crippen LogP contribution in [0.25, 0.3) is 11.4 Å². The zero-order chi connectivity index (χ0) is 27.1. The van der Waals surface area contributed by atoms with Crippen LogP contribution in [0, 0.1) is 11.6 Å². The van der Waals surface area contributed by atoms with Crippen LogP contribution in [0.2, 0.25) is 0 Å². The zero-order valence-corrected chi connectivity index (χ0v) is 20.7. The highest BCUT2D eigenvalue weighted by molar-refractivity contribution is 5.72. The summed E-state index contributed by atoms with van der Waals surface area (Å²) in [6.07, 6.45) is -1.83. The van der Waals surface area contributed by atoms with Crippen LogP contribution < -0.4 is 14.5 Å². The van der Waals surface area contributed by atoms with E-state index in [0.29, 0.717) is 36.7 Å². The van der Waals surface area contributed by atoms with E-state index in [2.05, 4.69) is 29.7 Å². The van der Waals surface area contributed by atoms with E-state index in [1.54, 1.807) is 24.3 Å². The van der Waals surface area contributed by atoms with Crippen molar-refractivity contribution in [3.63, 3.8) is 0 Å². The average Bonchev–Trinajstić information content (AvgIpc) is 3.34. The number of hydrogen-bond donors (Lipinski definition) is 1. The Morgan fingerprint density at radius 2 is 1.51 bits per heavy atom. The molecule has 6 nitrogen and oxygen atoms in total. The maximum absolute atomic E-state index is 14.1. The number of aromatic amines is 1. The van der Waals surface area contributed by atoms with Crippen molar-refractivity contribution in [3.05, 3.63) is 83.4 Å². The first kappa shape index (κ1) is 25.1. The van der Waals surface area contributed by atoms with Gasteiger partial charge in [-0.25, -0.2) is 13.9 Å². The largest absolute Gasteiger partial charge is 0.573 e. The highest BCUT2D eigenvalue weighted by Gasteiger charge is 2.33. The molecule has 0 bridgehead atoms. The molecule has 1 unspecified atom stereocenters. The number of rotatable bonds is 4. The Labute approximate surface area is 221 Å². The minimum absolute atomic E-state index is 0.00220. The summed E-state index contributed by atoms with van der Waals surface area (Å²) in [5, 5.41) is 7.22. The SMILES string of the molecule is Fc1ccc2c(c1)CCc1cc(F)ccc1N2C1CCCN(c2nc(-c3ccc(OC(F)(F)F)cc3)n[nH]2)C1. The Morgan fingerprint density at radius 1 is 0.872 bits per heavy atom. The number of alkyl halides is 3. The van der Waals surface area contributed by atoms with E-state index >= 15 is 0 Å². The predicted molar refractivity (Wildman–Crippen MR) is 136 cm³/mol. The van der Waals surface area contributed by atoms with Crippen LogP contribution in [0.4, 0.5) is 39.3 Å². The lowest BCUT2D eigenvalue weighted by molar-refractivity contribution is -0.274. The molecule has 1 N–H and O–H groups in total. The summed E-state index contributed by atoms with van der Waals surface area (Å²) in [5.74, 6) is -0.0360. The Morgan fingerprint density at radius 3 is 2.13 bits per heavy atom. The monoisotopic (exact) mass is 541 g/mol. The second-order valence-corrected chi connectivity index (χ2v) is 9.71. The Hall–Kier alpha value is -4.15. The van der Waals surface area contributed by atoms with Gasteiger partial charge in [-0.15, -0.1) is 13.2 Å². The summed E-state index contributed by atoms with van der Waals surface area (Å²) in [6.45, 7) is 1.31. The first-order valence-electron chi connectivity index (χ1n) is 12.6. The summed E-state index contributed by atoms with van der Waals surface area (Å²) in [4.78, 5) is 8.86. The molecule has 3 heterocycles. The van der Waals surface area contributed by atoms with E-state index < -0.39 is 6.36 Å². The third kappa shape index (κ3) is 5.25. The standard InChI is InChI=1S/C28H24F5N5O/c29-20-7-11-24-18(14-20)3-4-19-15-21(30)8-12-25(19)38(24)22-2-1-13-37(16-22)27-34-26(35-36-27)17-5-9-23(10-6-17)39-28(31,32)33/h5-12,14-15,22H,1-4,13,16H2,(H,34,35,36). The summed E-state index contributed by atoms with van der Waals surface area (Å²) in [7, 11) is 0. The number of ether oxygens (including phenoxy) is 1. The number of nitrogens with one attached hydrogen (secondary N) is 1. The average molecular weight is 542 g/mol. The molecule has 2 aliphatic rings. The molecule has 1 saturated heterocycles. The molecular weight excluding hydrogens is 517 g/mol. The molecule has 0 saturated carbocycles. The van der Waals surface area contributed by atoms with Crippen LogP contribution in [-0.2, 0) is 12.8 Å². The Bertz CT molecular complexity index is 1430. The van der Waals surface area contributed by atoms with Gasteiger partial charge in [0, 0.05) is 30.0 Å². The van der Waals surface area contributed by atoms with Gasteiger partial charge in [0.05, 0.1) is 6.04 Å². The number of anilines is 3. The van der Waals surface area contributed by atoms with E-state index in [0.717, 1.165) is 41.9 Å². The highest BCUT2D eigenvalue weighted by atomic mass is 19.4. The van der Waals surface area contributed by atoms with Crippen molar-refractivity contribution in [2.45, 2.75) is 38.1 Å². The summed E-state index contributed by atoms with van der Waals surface area (Å²) >= 11 is 0. The molecule has 1 aromatic heterocycles. The van der Waals surface area contributed by atoms with Crippen LogP contribution in [-0.4, -0.2) is 40.7 Å². The first-order valence-corrected chi connectivity index (χ1v) is 12.6. The molecule has 2 aliphatic heterocycles. The van der Waals surface area contributed by atoms with Crippen molar-refractivity contribution in [3.8, 4) is 17.1 Å². The van der Waals surface area contributed by atoms with Crippen molar-refractivity contribution < 1.29 is 26.7 Å². The second-order valence-electron chi connectivity index (χ2n) is 9.71. The lowest BCUT2D eigenvalue weighted by atomic mass is 10.0. The first-order chi connectivity index (χ1) is 18.7. The predicted octanol–water partition coefficient (Wildman–Crippen LogP) is 6.55. The molecule has 0 amide bonds. The number of piperidine rings is 1. The molecule has 6 rings (SSSR count). The van der Waals surface area contributed by atoms with Gasteiger partial charge in [-0.3, -0.25) is 0 Å². The second kappa shape index (κ2) is 9.87. The normalized spacial score (nSPS) is 17.4. The van der Waals surface area contributed by atoms with Gasteiger partial charge in [-0.05, 0) is 97.5 Å². The summed E-state index contributed by atoms with van der Waals surface area (Å²) in [5.41, 5.74) is 4.12. The van der Waals surface area contributed by atoms with E-state index in [1.807, 2.05) is 0 Å². The number of nitrogens with zero attached hydrogens (tertiary/aromatic N) is 4. The fourth-order valence-electron chi connectivity index (χ4n) is 5.46. The van der Waals surface area contributed by atoms with Gasteiger partial charge in [-0.2, -0.15) is 10.1 Å². The maximum atomic E-state index is 14.1. The third-order valence-electron chi connectivity index (χ3n) is 7.15. The fourth-order valence-corrected chi connectivity index (χ4v) is 5.46. The van der Waals surface area contributed by atoms with Gasteiger partial charge in [0.25, 0.3) is 0 Å². The smallest absolute Gasteiger partial charge is 0.406 e. The van der Waals surface area contributed by atoms with Gasteiger partial charge < -0.3 is 14.5 Å². The van der Waals surface area contributed by atoms with Crippen LogP contribution in [0.3, 0.4) is 0 Å². The highest BCUT2D eigenvalue weighted by Crippen LogP contribution is 2.40. The number of halogens is 5. The molecule has 1 fully saturated rings. The third-order valence-corrected chi connectivity index (χ3v) is 7.15. The van der Waals surface area contributed by atoms with Crippen LogP contribution in [0.1, 0.15) is 24.0 Å². The molecule has 3 aromatic carbocycles. The lowest BCUT2D eigenvalue weighted by Crippen LogP contribution is -2.47. The van der Waals surface area contributed by atoms with Gasteiger partial charge in [0.15, 0.2) is 5.82 Å². The number of H-pyrrole nitrogens is 1. The maximum Gasteiger partial charge on any atom is 0.573 e. The Kier molecular flexibility index (Phi) is 6.36. The molecule has 0 radical (unpaired) electrons. The van der Waals surface area contributed by atoms with Crippen molar-refractivity contribution in [1.82, 2.24) is 15.2 Å². The molecule has 1 atom stereocenters. The van der Waals surface area contributed by atoms with Crippen molar-refractivity contribution in [2.75, 3.05) is 22.9 Å². The molecule has 202 valence electrons. The van der Waals surface area contributed by atoms with Gasteiger partial charge >= 0.3 is 6.36 Å². The minimum atomic E-state index is -4.76. The number of benzene rings is 3. The minimum Gasteiger partial charge on any atom is -0.406 e. The zero-order valence-electron chi connectivity index (χ0n) is 20.7. The number of hydrogen-bond acceptors (Lipinski definition) is 5. The number of aromatic nitrogens is 3. The van der Waals surface area contributed by atoms with Gasteiger partial charge in [0.2, 0.25) is 5.95 Å². The van der Waals surface area contributed by atoms with Crippen molar-refractivity contribution >= 4 is 17.3 Å². The molecule has 0 aliphatic carbocycles. The molecule has 0 spiro atoms. The molecule has 39 heavy (non-hydrogen) atoms. The quantitative estimate of drug-likeness (QED) is 0.297. The molecule has 11 heteroatoms. The fraction of sp³-hybridized carbons (Fsp3) is 0.286. The van der Waals surface area contributed by atoms with Crippen LogP contribution in [0.15, 0.2) is 60.7 Å². The number of fused-ring (bicyclic) bond motifs is 2.